The third kappa shape index (κ3) is 4.89. The van der Waals surface area contributed by atoms with Gasteiger partial charge >= 0.3 is 0 Å². The van der Waals surface area contributed by atoms with Gasteiger partial charge in [0.25, 0.3) is 5.91 Å². The maximum Gasteiger partial charge on any atom is 0.251 e. The van der Waals surface area contributed by atoms with Gasteiger partial charge in [0, 0.05) is 18.2 Å². The molecular weight excluding hydrogens is 414 g/mol. The van der Waals surface area contributed by atoms with Crippen LogP contribution in [0, 0.1) is 11.3 Å². The summed E-state index contributed by atoms with van der Waals surface area (Å²) < 4.78 is 33.5. The largest absolute Gasteiger partial charge is 0.495 e. The number of nitriles is 1. The number of methoxy groups -OCH3 is 1. The van der Waals surface area contributed by atoms with Gasteiger partial charge in [-0.05, 0) is 62.6 Å². The average molecular weight is 442 g/mol. The van der Waals surface area contributed by atoms with E-state index in [0.29, 0.717) is 12.1 Å². The number of carbonyl (C=O) groups excluding carboxylic acids is 1. The van der Waals surface area contributed by atoms with Crippen LogP contribution in [0.1, 0.15) is 60.6 Å². The van der Waals surface area contributed by atoms with Crippen LogP contribution in [0.3, 0.4) is 0 Å². The number of sulfonamides is 1. The van der Waals surface area contributed by atoms with Crippen molar-refractivity contribution >= 4 is 15.9 Å². The molecule has 0 aromatic heterocycles. The lowest BCUT2D eigenvalue weighted by molar-refractivity contribution is 0.0939. The van der Waals surface area contributed by atoms with Gasteiger partial charge in [-0.15, -0.1) is 0 Å². The zero-order chi connectivity index (χ0) is 22.6. The van der Waals surface area contributed by atoms with Crippen molar-refractivity contribution < 1.29 is 17.9 Å². The molecule has 0 bridgehead atoms. The highest BCUT2D eigenvalue weighted by Crippen LogP contribution is 2.31. The molecule has 8 heteroatoms. The average Bonchev–Trinajstić information content (AvgIpc) is 2.78. The molecule has 1 aliphatic rings. The van der Waals surface area contributed by atoms with Gasteiger partial charge in [-0.1, -0.05) is 18.6 Å². The van der Waals surface area contributed by atoms with Crippen LogP contribution in [-0.2, 0) is 10.0 Å². The Hall–Kier alpha value is -2.89. The minimum Gasteiger partial charge on any atom is -0.495 e. The highest BCUT2D eigenvalue weighted by atomic mass is 32.2. The van der Waals surface area contributed by atoms with E-state index in [4.69, 9.17) is 10.00 Å². The van der Waals surface area contributed by atoms with E-state index in [-0.39, 0.29) is 34.2 Å². The molecule has 2 aromatic rings. The van der Waals surface area contributed by atoms with Gasteiger partial charge in [-0.25, -0.2) is 8.42 Å². The molecule has 0 radical (unpaired) electrons. The first kappa shape index (κ1) is 22.8. The smallest absolute Gasteiger partial charge is 0.251 e. The molecule has 0 saturated carbocycles. The molecule has 2 unspecified atom stereocenters. The van der Waals surface area contributed by atoms with Crippen LogP contribution >= 0.6 is 0 Å². The summed E-state index contributed by atoms with van der Waals surface area (Å²) in [7, 11) is -2.38. The molecule has 1 amide bonds. The van der Waals surface area contributed by atoms with E-state index in [0.717, 1.165) is 24.8 Å². The van der Waals surface area contributed by atoms with Crippen molar-refractivity contribution in [3.8, 4) is 11.8 Å². The molecule has 31 heavy (non-hydrogen) atoms. The van der Waals surface area contributed by atoms with Crippen molar-refractivity contribution in [3.63, 3.8) is 0 Å². The quantitative estimate of drug-likeness (QED) is 0.738. The van der Waals surface area contributed by atoms with Crippen molar-refractivity contribution in [2.75, 3.05) is 13.7 Å². The fraction of sp³-hybridized carbons (Fsp3) is 0.391. The lowest BCUT2D eigenvalue weighted by atomic mass is 10.1. The van der Waals surface area contributed by atoms with Gasteiger partial charge in [0.2, 0.25) is 10.0 Å². The molecule has 2 atom stereocenters. The molecule has 1 aliphatic heterocycles. The summed E-state index contributed by atoms with van der Waals surface area (Å²) in [6.45, 7) is 4.19. The number of hydrogen-bond acceptors (Lipinski definition) is 5. The lowest BCUT2D eigenvalue weighted by Gasteiger charge is -2.32. The highest BCUT2D eigenvalue weighted by molar-refractivity contribution is 7.89. The first-order valence-electron chi connectivity index (χ1n) is 10.3. The van der Waals surface area contributed by atoms with Crippen molar-refractivity contribution in [2.24, 2.45) is 0 Å². The summed E-state index contributed by atoms with van der Waals surface area (Å²) >= 11 is 0. The summed E-state index contributed by atoms with van der Waals surface area (Å²) in [4.78, 5) is 12.9. The lowest BCUT2D eigenvalue weighted by Crippen LogP contribution is -2.42. The van der Waals surface area contributed by atoms with E-state index in [1.165, 1.54) is 23.5 Å². The minimum atomic E-state index is -3.80. The summed E-state index contributed by atoms with van der Waals surface area (Å²) in [6, 6.07) is 13.0. The number of ether oxygens (including phenoxy) is 1. The van der Waals surface area contributed by atoms with Crippen LogP contribution in [0.25, 0.3) is 0 Å². The van der Waals surface area contributed by atoms with Crippen LogP contribution in [0.5, 0.6) is 5.75 Å². The van der Waals surface area contributed by atoms with E-state index in [1.54, 1.807) is 30.3 Å². The number of carbonyl (C=O) groups is 1. The Balaban J connectivity index is 1.87. The molecule has 3 rings (SSSR count). The summed E-state index contributed by atoms with van der Waals surface area (Å²) in [5.74, 6) is -0.169. The molecule has 1 N–H and O–H groups in total. The van der Waals surface area contributed by atoms with E-state index in [9.17, 15) is 13.2 Å². The van der Waals surface area contributed by atoms with Gasteiger partial charge in [-0.2, -0.15) is 9.57 Å². The number of nitrogens with one attached hydrogen (secondary N) is 1. The van der Waals surface area contributed by atoms with Gasteiger partial charge in [0.1, 0.15) is 10.6 Å². The van der Waals surface area contributed by atoms with Crippen LogP contribution < -0.4 is 10.1 Å². The van der Waals surface area contributed by atoms with Gasteiger partial charge in [0.15, 0.2) is 0 Å². The molecule has 1 heterocycles. The molecular formula is C23H27N3O4S. The number of benzene rings is 2. The van der Waals surface area contributed by atoms with E-state index < -0.39 is 10.0 Å². The fourth-order valence-electron chi connectivity index (χ4n) is 3.78. The van der Waals surface area contributed by atoms with Gasteiger partial charge < -0.3 is 10.1 Å². The Labute approximate surface area is 183 Å². The molecule has 0 spiro atoms. The Morgan fingerprint density at radius 3 is 2.55 bits per heavy atom. The van der Waals surface area contributed by atoms with Crippen LogP contribution in [0.15, 0.2) is 47.4 Å². The zero-order valence-corrected chi connectivity index (χ0v) is 18.8. The molecule has 0 aliphatic carbocycles. The van der Waals surface area contributed by atoms with Crippen molar-refractivity contribution in [1.29, 1.82) is 5.26 Å². The zero-order valence-electron chi connectivity index (χ0n) is 18.0. The van der Waals surface area contributed by atoms with Crippen LogP contribution in [-0.4, -0.2) is 38.3 Å². The predicted octanol–water partition coefficient (Wildman–Crippen LogP) is 3.62. The second-order valence-electron chi connectivity index (χ2n) is 7.76. The first-order chi connectivity index (χ1) is 14.8. The summed E-state index contributed by atoms with van der Waals surface area (Å²) in [5, 5.41) is 11.8. The SMILES string of the molecule is COc1ccc(C(=O)NC(C)c2ccc(C#N)cc2)cc1S(=O)(=O)N1CCCCC1C. The number of amides is 1. The summed E-state index contributed by atoms with van der Waals surface area (Å²) in [5.41, 5.74) is 1.62. The predicted molar refractivity (Wildman–Crippen MR) is 117 cm³/mol. The Kier molecular flexibility index (Phi) is 6.98. The number of piperidine rings is 1. The standard InChI is InChI=1S/C23H27N3O4S/c1-16-6-4-5-13-26(16)31(28,29)22-14-20(11-12-21(22)30-3)23(27)25-17(2)19-9-7-18(15-24)8-10-19/h7-12,14,16-17H,4-6,13H2,1-3H3,(H,25,27). The third-order valence-corrected chi connectivity index (χ3v) is 7.68. The third-order valence-electron chi connectivity index (χ3n) is 5.64. The highest BCUT2D eigenvalue weighted by Gasteiger charge is 2.33. The molecule has 1 fully saturated rings. The number of nitrogens with zero attached hydrogens (tertiary/aromatic N) is 2. The second kappa shape index (κ2) is 9.50. The maximum absolute atomic E-state index is 13.3. The van der Waals surface area contributed by atoms with Crippen molar-refractivity contribution in [2.45, 2.75) is 50.1 Å². The van der Waals surface area contributed by atoms with Crippen LogP contribution in [0.2, 0.25) is 0 Å². The first-order valence-corrected chi connectivity index (χ1v) is 11.7. The summed E-state index contributed by atoms with van der Waals surface area (Å²) in [6.07, 6.45) is 2.62. The van der Waals surface area contributed by atoms with Crippen molar-refractivity contribution in [3.05, 3.63) is 59.2 Å². The minimum absolute atomic E-state index is 0.00225. The Morgan fingerprint density at radius 1 is 1.23 bits per heavy atom. The topological polar surface area (TPSA) is 99.5 Å². The maximum atomic E-state index is 13.3. The monoisotopic (exact) mass is 441 g/mol. The van der Waals surface area contributed by atoms with E-state index in [2.05, 4.69) is 11.4 Å². The molecule has 1 saturated heterocycles. The fourth-order valence-corrected chi connectivity index (χ4v) is 5.67. The van der Waals surface area contributed by atoms with Crippen LogP contribution in [0.4, 0.5) is 0 Å². The number of rotatable bonds is 6. The van der Waals surface area contributed by atoms with E-state index in [1.807, 2.05) is 13.8 Å². The second-order valence-corrected chi connectivity index (χ2v) is 9.61. The molecule has 164 valence electrons. The normalized spacial score (nSPS) is 18.1. The molecule has 2 aromatic carbocycles. The number of hydrogen-bond donors (Lipinski definition) is 1. The van der Waals surface area contributed by atoms with E-state index >= 15 is 0 Å². The van der Waals surface area contributed by atoms with Crippen molar-refractivity contribution in [1.82, 2.24) is 9.62 Å². The van der Waals surface area contributed by atoms with Gasteiger partial charge in [-0.3, -0.25) is 4.79 Å². The van der Waals surface area contributed by atoms with Gasteiger partial charge in [0.05, 0.1) is 24.8 Å². The Bertz CT molecular complexity index is 1090. The molecule has 7 nitrogen and oxygen atoms in total. The Morgan fingerprint density at radius 2 is 1.94 bits per heavy atom.